The molecule has 1 atom stereocenters. The van der Waals surface area contributed by atoms with E-state index in [1.165, 1.54) is 0 Å². The number of likely N-dealkylation sites (N-methyl/N-ethyl adjacent to an activating group) is 1. The van der Waals surface area contributed by atoms with E-state index in [9.17, 15) is 4.79 Å². The summed E-state index contributed by atoms with van der Waals surface area (Å²) in [5, 5.41) is 3.71. The van der Waals surface area contributed by atoms with Crippen molar-refractivity contribution >= 4 is 17.5 Å². The van der Waals surface area contributed by atoms with E-state index in [4.69, 9.17) is 16.3 Å². The molecule has 110 valence electrons. The van der Waals surface area contributed by atoms with Crippen molar-refractivity contribution in [2.75, 3.05) is 20.2 Å². The van der Waals surface area contributed by atoms with E-state index in [-0.39, 0.29) is 11.9 Å². The molecule has 1 amide bonds. The summed E-state index contributed by atoms with van der Waals surface area (Å²) in [6.07, 6.45) is 2.23. The van der Waals surface area contributed by atoms with Crippen molar-refractivity contribution in [2.45, 2.75) is 31.8 Å². The average Bonchev–Trinajstić information content (AvgIpc) is 3.24. The molecule has 0 aromatic heterocycles. The zero-order chi connectivity index (χ0) is 14.5. The zero-order valence-corrected chi connectivity index (χ0v) is 12.7. The minimum atomic E-state index is -0.135. The number of carbonyl (C=O) groups excluding carboxylic acids is 1. The van der Waals surface area contributed by atoms with Gasteiger partial charge in [-0.1, -0.05) is 11.6 Å². The molecule has 4 nitrogen and oxygen atoms in total. The fraction of sp³-hybridized carbons (Fsp3) is 0.533. The monoisotopic (exact) mass is 296 g/mol. The Morgan fingerprint density at radius 3 is 2.70 bits per heavy atom. The van der Waals surface area contributed by atoms with E-state index < -0.39 is 0 Å². The van der Waals surface area contributed by atoms with Crippen LogP contribution < -0.4 is 10.1 Å². The van der Waals surface area contributed by atoms with Crippen molar-refractivity contribution in [1.82, 2.24) is 10.2 Å². The first-order chi connectivity index (χ1) is 9.56. The van der Waals surface area contributed by atoms with Crippen molar-refractivity contribution in [3.63, 3.8) is 0 Å². The predicted octanol–water partition coefficient (Wildman–Crippen LogP) is 2.32. The molecule has 0 saturated heterocycles. The summed E-state index contributed by atoms with van der Waals surface area (Å²) in [6.45, 7) is 3.15. The van der Waals surface area contributed by atoms with E-state index in [1.54, 1.807) is 12.1 Å². The van der Waals surface area contributed by atoms with Crippen LogP contribution in [0.3, 0.4) is 0 Å². The lowest BCUT2D eigenvalue weighted by Gasteiger charge is -2.23. The van der Waals surface area contributed by atoms with Crippen LogP contribution in [0.2, 0.25) is 5.02 Å². The molecule has 0 heterocycles. The minimum Gasteiger partial charge on any atom is -0.492 e. The Hall–Kier alpha value is -1.26. The second kappa shape index (κ2) is 6.95. The van der Waals surface area contributed by atoms with Crippen LogP contribution in [0.1, 0.15) is 19.8 Å². The molecule has 1 aliphatic rings. The maximum absolute atomic E-state index is 11.9. The number of hydrogen-bond acceptors (Lipinski definition) is 3. The number of carbonyl (C=O) groups is 1. The second-order valence-corrected chi connectivity index (χ2v) is 5.68. The van der Waals surface area contributed by atoms with Crippen LogP contribution in [0.25, 0.3) is 0 Å². The highest BCUT2D eigenvalue weighted by molar-refractivity contribution is 6.30. The third-order valence-corrected chi connectivity index (χ3v) is 3.74. The van der Waals surface area contributed by atoms with Crippen LogP contribution in [-0.2, 0) is 4.79 Å². The molecule has 1 aromatic rings. The van der Waals surface area contributed by atoms with Gasteiger partial charge in [-0.3, -0.25) is 9.69 Å². The van der Waals surface area contributed by atoms with Crippen molar-refractivity contribution in [1.29, 1.82) is 0 Å². The second-order valence-electron chi connectivity index (χ2n) is 5.24. The van der Waals surface area contributed by atoms with Gasteiger partial charge in [0.05, 0.1) is 6.04 Å². The largest absolute Gasteiger partial charge is 0.492 e. The Morgan fingerprint density at radius 2 is 2.10 bits per heavy atom. The van der Waals surface area contributed by atoms with Crippen LogP contribution in [0.5, 0.6) is 5.75 Å². The van der Waals surface area contributed by atoms with E-state index in [0.29, 0.717) is 24.2 Å². The van der Waals surface area contributed by atoms with Gasteiger partial charge in [-0.2, -0.15) is 0 Å². The van der Waals surface area contributed by atoms with Crippen molar-refractivity contribution in [3.05, 3.63) is 29.3 Å². The summed E-state index contributed by atoms with van der Waals surface area (Å²) in [4.78, 5) is 13.9. The van der Waals surface area contributed by atoms with Crippen LogP contribution in [-0.4, -0.2) is 43.1 Å². The first kappa shape index (κ1) is 15.1. The molecule has 2 rings (SSSR count). The normalized spacial score (nSPS) is 16.0. The molecule has 0 bridgehead atoms. The summed E-state index contributed by atoms with van der Waals surface area (Å²) in [5.41, 5.74) is 0. The SMILES string of the molecule is C[C@H](C(=O)NC1CC1)N(C)CCOc1ccc(Cl)cc1. The van der Waals surface area contributed by atoms with Crippen molar-refractivity contribution in [2.24, 2.45) is 0 Å². The van der Waals surface area contributed by atoms with Gasteiger partial charge in [0.25, 0.3) is 0 Å². The van der Waals surface area contributed by atoms with Crippen LogP contribution in [0.4, 0.5) is 0 Å². The Morgan fingerprint density at radius 1 is 1.45 bits per heavy atom. The highest BCUT2D eigenvalue weighted by Crippen LogP contribution is 2.19. The molecule has 1 aromatic carbocycles. The molecule has 1 fully saturated rings. The lowest BCUT2D eigenvalue weighted by atomic mass is 10.2. The van der Waals surface area contributed by atoms with Crippen molar-refractivity contribution in [3.8, 4) is 5.75 Å². The smallest absolute Gasteiger partial charge is 0.237 e. The predicted molar refractivity (Wildman–Crippen MR) is 80.2 cm³/mol. The molecule has 20 heavy (non-hydrogen) atoms. The molecule has 0 radical (unpaired) electrons. The van der Waals surface area contributed by atoms with Crippen LogP contribution in [0, 0.1) is 0 Å². The van der Waals surface area contributed by atoms with E-state index >= 15 is 0 Å². The van der Waals surface area contributed by atoms with Gasteiger partial charge in [0, 0.05) is 17.6 Å². The molecule has 0 aliphatic heterocycles. The van der Waals surface area contributed by atoms with Gasteiger partial charge < -0.3 is 10.1 Å². The summed E-state index contributed by atoms with van der Waals surface area (Å²) in [5.74, 6) is 0.888. The highest BCUT2D eigenvalue weighted by Gasteiger charge is 2.26. The molecule has 1 N–H and O–H groups in total. The Labute approximate surface area is 125 Å². The Kier molecular flexibility index (Phi) is 5.26. The molecular weight excluding hydrogens is 276 g/mol. The number of nitrogens with one attached hydrogen (secondary N) is 1. The van der Waals surface area contributed by atoms with Gasteiger partial charge in [-0.15, -0.1) is 0 Å². The van der Waals surface area contributed by atoms with Gasteiger partial charge in [-0.25, -0.2) is 0 Å². The van der Waals surface area contributed by atoms with Crippen LogP contribution >= 0.6 is 11.6 Å². The minimum absolute atomic E-state index is 0.0986. The lowest BCUT2D eigenvalue weighted by Crippen LogP contribution is -2.45. The third-order valence-electron chi connectivity index (χ3n) is 3.49. The zero-order valence-electron chi connectivity index (χ0n) is 11.9. The Bertz CT molecular complexity index is 446. The number of halogens is 1. The molecular formula is C15H21ClN2O2. The standard InChI is InChI=1S/C15H21ClN2O2/c1-11(15(19)17-13-5-6-13)18(2)9-10-20-14-7-3-12(16)4-8-14/h3-4,7-8,11,13H,5-6,9-10H2,1-2H3,(H,17,19)/t11-/m1/s1. The third kappa shape index (κ3) is 4.69. The molecule has 1 saturated carbocycles. The molecule has 0 unspecified atom stereocenters. The van der Waals surface area contributed by atoms with Crippen LogP contribution in [0.15, 0.2) is 24.3 Å². The number of rotatable bonds is 7. The summed E-state index contributed by atoms with van der Waals surface area (Å²) < 4.78 is 5.62. The summed E-state index contributed by atoms with van der Waals surface area (Å²) >= 11 is 5.81. The first-order valence-electron chi connectivity index (χ1n) is 6.95. The first-order valence-corrected chi connectivity index (χ1v) is 7.33. The summed E-state index contributed by atoms with van der Waals surface area (Å²) in [6, 6.07) is 7.54. The van der Waals surface area contributed by atoms with E-state index in [2.05, 4.69) is 5.32 Å². The Balaban J connectivity index is 1.69. The maximum atomic E-state index is 11.9. The quantitative estimate of drug-likeness (QED) is 0.839. The maximum Gasteiger partial charge on any atom is 0.237 e. The lowest BCUT2D eigenvalue weighted by molar-refractivity contribution is -0.125. The summed E-state index contributed by atoms with van der Waals surface area (Å²) in [7, 11) is 1.93. The van der Waals surface area contributed by atoms with Gasteiger partial charge in [0.1, 0.15) is 12.4 Å². The fourth-order valence-corrected chi connectivity index (χ4v) is 1.91. The molecule has 0 spiro atoms. The number of amides is 1. The number of benzene rings is 1. The topological polar surface area (TPSA) is 41.6 Å². The number of ether oxygens (including phenoxy) is 1. The van der Waals surface area contributed by atoms with Gasteiger partial charge in [0.2, 0.25) is 5.91 Å². The van der Waals surface area contributed by atoms with E-state index in [0.717, 1.165) is 18.6 Å². The van der Waals surface area contributed by atoms with Gasteiger partial charge in [-0.05, 0) is 51.1 Å². The highest BCUT2D eigenvalue weighted by atomic mass is 35.5. The molecule has 5 heteroatoms. The number of nitrogens with zero attached hydrogens (tertiary/aromatic N) is 1. The van der Waals surface area contributed by atoms with E-state index in [1.807, 2.05) is 31.0 Å². The fourth-order valence-electron chi connectivity index (χ4n) is 1.78. The average molecular weight is 297 g/mol. The van der Waals surface area contributed by atoms with Crippen molar-refractivity contribution < 1.29 is 9.53 Å². The van der Waals surface area contributed by atoms with Gasteiger partial charge >= 0.3 is 0 Å². The number of hydrogen-bond donors (Lipinski definition) is 1. The van der Waals surface area contributed by atoms with Gasteiger partial charge in [0.15, 0.2) is 0 Å². The molecule has 1 aliphatic carbocycles.